The summed E-state index contributed by atoms with van der Waals surface area (Å²) in [6.45, 7) is 7.29. The lowest BCUT2D eigenvalue weighted by Gasteiger charge is -2.43. The Balaban J connectivity index is 1.39. The number of nitrogens with zero attached hydrogens (tertiary/aromatic N) is 3. The van der Waals surface area contributed by atoms with Crippen molar-refractivity contribution in [3.8, 4) is 0 Å². The van der Waals surface area contributed by atoms with E-state index in [0.717, 1.165) is 25.9 Å². The van der Waals surface area contributed by atoms with Gasteiger partial charge in [-0.3, -0.25) is 4.90 Å². The number of halogens is 1. The van der Waals surface area contributed by atoms with E-state index in [4.69, 9.17) is 16.3 Å². The molecule has 2 saturated heterocycles. The Morgan fingerprint density at radius 1 is 0.971 bits per heavy atom. The van der Waals surface area contributed by atoms with Gasteiger partial charge in [-0.05, 0) is 55.9 Å². The number of carbonyl (C=O) groups is 1. The van der Waals surface area contributed by atoms with E-state index >= 15 is 0 Å². The predicted octanol–water partition coefficient (Wildman–Crippen LogP) is 4.99. The molecule has 0 unspecified atom stereocenters. The molecule has 0 radical (unpaired) electrons. The third kappa shape index (κ3) is 6.32. The maximum atomic E-state index is 13.7. The second kappa shape index (κ2) is 11.8. The van der Waals surface area contributed by atoms with E-state index in [1.165, 1.54) is 32.1 Å². The standard InChI is InChI=1S/C26H40ClN3O4S/c1-20(2)25-10-6-9-23(30(25)35(32,33)24-13-11-21(27)12-14-24)19-34-26(31)29-17-15-28(16-18-29)22-7-4-3-5-8-22/h11-14,20,22-23,25H,3-10,15-19H2,1-2H3/t23-,25+/m0/s1. The highest BCUT2D eigenvalue weighted by Gasteiger charge is 2.42. The smallest absolute Gasteiger partial charge is 0.409 e. The highest BCUT2D eigenvalue weighted by Crippen LogP contribution is 2.34. The number of hydrogen-bond donors (Lipinski definition) is 0. The van der Waals surface area contributed by atoms with Crippen molar-refractivity contribution in [1.29, 1.82) is 0 Å². The molecule has 9 heteroatoms. The second-order valence-electron chi connectivity index (χ2n) is 10.6. The van der Waals surface area contributed by atoms with E-state index in [-0.39, 0.29) is 35.6 Å². The third-order valence-electron chi connectivity index (χ3n) is 7.95. The molecule has 1 aromatic carbocycles. The number of sulfonamides is 1. The summed E-state index contributed by atoms with van der Waals surface area (Å²) >= 11 is 5.99. The van der Waals surface area contributed by atoms with Crippen LogP contribution in [0.15, 0.2) is 29.2 Å². The van der Waals surface area contributed by atoms with Crippen LogP contribution < -0.4 is 0 Å². The van der Waals surface area contributed by atoms with Crippen LogP contribution in [0.5, 0.6) is 0 Å². The summed E-state index contributed by atoms with van der Waals surface area (Å²) in [6.07, 6.45) is 8.55. The molecular weight excluding hydrogens is 486 g/mol. The highest BCUT2D eigenvalue weighted by atomic mass is 35.5. The van der Waals surface area contributed by atoms with Crippen LogP contribution in [0.3, 0.4) is 0 Å². The molecule has 35 heavy (non-hydrogen) atoms. The number of piperidine rings is 1. The van der Waals surface area contributed by atoms with E-state index in [1.54, 1.807) is 33.5 Å². The van der Waals surface area contributed by atoms with Crippen molar-refractivity contribution in [3.63, 3.8) is 0 Å². The first-order valence-corrected chi connectivity index (χ1v) is 15.0. The zero-order chi connectivity index (χ0) is 25.0. The number of carbonyl (C=O) groups excluding carboxylic acids is 1. The second-order valence-corrected chi connectivity index (χ2v) is 12.9. The molecule has 2 atom stereocenters. The minimum Gasteiger partial charge on any atom is -0.448 e. The van der Waals surface area contributed by atoms with E-state index in [1.807, 2.05) is 0 Å². The van der Waals surface area contributed by atoms with Gasteiger partial charge in [-0.1, -0.05) is 51.1 Å². The van der Waals surface area contributed by atoms with E-state index < -0.39 is 10.0 Å². The predicted molar refractivity (Wildman–Crippen MR) is 138 cm³/mol. The molecule has 0 spiro atoms. The number of ether oxygens (including phenoxy) is 1. The lowest BCUT2D eigenvalue weighted by Crippen LogP contribution is -2.55. The Morgan fingerprint density at radius 2 is 1.63 bits per heavy atom. The summed E-state index contributed by atoms with van der Waals surface area (Å²) in [5.74, 6) is 0.156. The zero-order valence-electron chi connectivity index (χ0n) is 21.1. The quantitative estimate of drug-likeness (QED) is 0.523. The fourth-order valence-electron chi connectivity index (χ4n) is 5.95. The van der Waals surface area contributed by atoms with Gasteiger partial charge in [0.05, 0.1) is 10.9 Å². The van der Waals surface area contributed by atoms with Crippen molar-refractivity contribution in [1.82, 2.24) is 14.1 Å². The summed E-state index contributed by atoms with van der Waals surface area (Å²) < 4.78 is 34.7. The van der Waals surface area contributed by atoms with Crippen LogP contribution in [-0.4, -0.2) is 79.5 Å². The van der Waals surface area contributed by atoms with Crippen molar-refractivity contribution < 1.29 is 17.9 Å². The molecule has 3 aliphatic rings. The number of benzene rings is 1. The molecule has 1 saturated carbocycles. The fourth-order valence-corrected chi connectivity index (χ4v) is 8.06. The molecular formula is C26H40ClN3O4S. The molecule has 1 aliphatic carbocycles. The summed E-state index contributed by atoms with van der Waals surface area (Å²) in [7, 11) is -3.75. The van der Waals surface area contributed by atoms with Crippen molar-refractivity contribution >= 4 is 27.7 Å². The molecule has 3 fully saturated rings. The average molecular weight is 526 g/mol. The van der Waals surface area contributed by atoms with Crippen LogP contribution >= 0.6 is 11.6 Å². The molecule has 2 heterocycles. The van der Waals surface area contributed by atoms with Gasteiger partial charge in [0.15, 0.2) is 0 Å². The lowest BCUT2D eigenvalue weighted by molar-refractivity contribution is 0.0345. The van der Waals surface area contributed by atoms with Gasteiger partial charge in [-0.2, -0.15) is 4.31 Å². The Morgan fingerprint density at radius 3 is 2.26 bits per heavy atom. The molecule has 7 nitrogen and oxygen atoms in total. The summed E-state index contributed by atoms with van der Waals surface area (Å²) in [5.41, 5.74) is 0. The lowest BCUT2D eigenvalue weighted by atomic mass is 9.91. The normalized spacial score (nSPS) is 25.7. The molecule has 1 aromatic rings. The van der Waals surface area contributed by atoms with Gasteiger partial charge in [0.25, 0.3) is 0 Å². The minimum absolute atomic E-state index is 0.0811. The zero-order valence-corrected chi connectivity index (χ0v) is 22.6. The topological polar surface area (TPSA) is 70.2 Å². The molecule has 4 rings (SSSR count). The Kier molecular flexibility index (Phi) is 9.00. The van der Waals surface area contributed by atoms with Crippen LogP contribution in [0.4, 0.5) is 4.79 Å². The number of rotatable bonds is 6. The number of amides is 1. The highest BCUT2D eigenvalue weighted by molar-refractivity contribution is 7.89. The summed E-state index contributed by atoms with van der Waals surface area (Å²) in [5, 5.41) is 0.497. The maximum Gasteiger partial charge on any atom is 0.409 e. The third-order valence-corrected chi connectivity index (χ3v) is 10.2. The Bertz CT molecular complexity index is 942. The van der Waals surface area contributed by atoms with Gasteiger partial charge in [0.1, 0.15) is 6.61 Å². The van der Waals surface area contributed by atoms with E-state index in [2.05, 4.69) is 18.7 Å². The minimum atomic E-state index is -3.75. The summed E-state index contributed by atoms with van der Waals surface area (Å²) in [4.78, 5) is 17.4. The number of piperazine rings is 1. The molecule has 2 aliphatic heterocycles. The SMILES string of the molecule is CC(C)[C@H]1CCC[C@@H](COC(=O)N2CCN(C3CCCCC3)CC2)N1S(=O)(=O)c1ccc(Cl)cc1. The first kappa shape index (κ1) is 26.7. The number of hydrogen-bond acceptors (Lipinski definition) is 5. The Labute approximate surface area is 215 Å². The molecule has 1 amide bonds. The summed E-state index contributed by atoms with van der Waals surface area (Å²) in [6, 6.07) is 6.47. The van der Waals surface area contributed by atoms with Gasteiger partial charge in [0, 0.05) is 43.3 Å². The van der Waals surface area contributed by atoms with Crippen LogP contribution in [0, 0.1) is 5.92 Å². The van der Waals surface area contributed by atoms with Gasteiger partial charge in [-0.25, -0.2) is 13.2 Å². The largest absolute Gasteiger partial charge is 0.448 e. The first-order chi connectivity index (χ1) is 16.8. The molecule has 0 N–H and O–H groups in total. The molecule has 0 bridgehead atoms. The van der Waals surface area contributed by atoms with Crippen LogP contribution in [0.1, 0.15) is 65.2 Å². The van der Waals surface area contributed by atoms with Crippen molar-refractivity contribution in [3.05, 3.63) is 29.3 Å². The van der Waals surface area contributed by atoms with Crippen molar-refractivity contribution in [2.45, 2.75) is 88.2 Å². The first-order valence-electron chi connectivity index (χ1n) is 13.2. The van der Waals surface area contributed by atoms with Crippen LogP contribution in [0.2, 0.25) is 5.02 Å². The van der Waals surface area contributed by atoms with E-state index in [9.17, 15) is 13.2 Å². The maximum absolute atomic E-state index is 13.7. The monoisotopic (exact) mass is 525 g/mol. The van der Waals surface area contributed by atoms with Crippen LogP contribution in [0.25, 0.3) is 0 Å². The molecule has 0 aromatic heterocycles. The fraction of sp³-hybridized carbons (Fsp3) is 0.731. The Hall–Kier alpha value is -1.35. The van der Waals surface area contributed by atoms with Crippen molar-refractivity contribution in [2.75, 3.05) is 32.8 Å². The van der Waals surface area contributed by atoms with Crippen LogP contribution in [-0.2, 0) is 14.8 Å². The average Bonchev–Trinajstić information content (AvgIpc) is 2.87. The van der Waals surface area contributed by atoms with Gasteiger partial charge < -0.3 is 9.64 Å². The van der Waals surface area contributed by atoms with Gasteiger partial charge in [0.2, 0.25) is 10.0 Å². The molecule has 196 valence electrons. The van der Waals surface area contributed by atoms with E-state index in [0.29, 0.717) is 30.6 Å². The van der Waals surface area contributed by atoms with Gasteiger partial charge in [-0.15, -0.1) is 0 Å². The van der Waals surface area contributed by atoms with Crippen molar-refractivity contribution in [2.24, 2.45) is 5.92 Å². The van der Waals surface area contributed by atoms with Gasteiger partial charge >= 0.3 is 6.09 Å².